The molecular weight excluding hydrogens is 1620 g/mol. The summed E-state index contributed by atoms with van der Waals surface area (Å²) in [4.78, 5) is 23.0. The molecule has 1 atom stereocenters. The molecule has 0 bridgehead atoms. The van der Waals surface area contributed by atoms with Crippen LogP contribution in [0.2, 0.25) is 10.6 Å². The molecule has 0 saturated carbocycles. The highest BCUT2D eigenvalue weighted by molar-refractivity contribution is 8.76. The number of fused-ring (bicyclic) bond motifs is 2. The van der Waals surface area contributed by atoms with Gasteiger partial charge in [0.05, 0.1) is 79.8 Å². The molecule has 1 aliphatic carbocycles. The van der Waals surface area contributed by atoms with E-state index in [2.05, 4.69) is 80.0 Å². The van der Waals surface area contributed by atoms with Gasteiger partial charge in [-0.25, -0.2) is 33.6 Å². The Balaban J connectivity index is 0.708. The molecule has 7 aromatic carbocycles. The third-order valence-corrected chi connectivity index (χ3v) is 25.2. The van der Waals surface area contributed by atoms with E-state index in [1.54, 1.807) is 0 Å². The Morgan fingerprint density at radius 2 is 0.991 bits per heavy atom. The molecule has 0 fully saturated rings. The van der Waals surface area contributed by atoms with Crippen LogP contribution in [0, 0.1) is 0 Å². The molecule has 2 heterocycles. The first kappa shape index (κ1) is 79.6. The largest absolute Gasteiger partial charge is 0.505 e. The van der Waals surface area contributed by atoms with Crippen molar-refractivity contribution >= 4 is 196 Å². The predicted molar refractivity (Wildman–Crippen MR) is 389 cm³/mol. The number of azo groups is 2. The lowest BCUT2D eigenvalue weighted by molar-refractivity contribution is 0.282. The van der Waals surface area contributed by atoms with E-state index in [1.165, 1.54) is 149 Å². The summed E-state index contributed by atoms with van der Waals surface area (Å²) >= 11 is 12.5. The molecule has 48 heteroatoms. The molecule has 0 aliphatic heterocycles. The maximum absolute atomic E-state index is 13.3. The number of aromatic hydroxyl groups is 2. The number of aromatic nitrogens is 6. The van der Waals surface area contributed by atoms with Crippen molar-refractivity contribution in [1.82, 2.24) is 29.9 Å². The van der Waals surface area contributed by atoms with Gasteiger partial charge in [-0.2, -0.15) is 73.8 Å². The van der Waals surface area contributed by atoms with Gasteiger partial charge in [-0.1, -0.05) is 39.8 Å². The molecule has 1 unspecified atom stereocenters. The van der Waals surface area contributed by atoms with Crippen molar-refractivity contribution in [2.24, 2.45) is 20.5 Å². The number of nitrogens with zero attached hydrogens (tertiary/aromatic N) is 10. The van der Waals surface area contributed by atoms with Crippen molar-refractivity contribution in [3.63, 3.8) is 0 Å². The summed E-state index contributed by atoms with van der Waals surface area (Å²) in [5.74, 6) is -2.75. The first-order valence-corrected chi connectivity index (χ1v) is 43.4. The highest BCUT2D eigenvalue weighted by Crippen LogP contribution is 2.47. The molecule has 10 N–H and O–H groups in total. The normalized spacial score (nSPS) is 13.9. The minimum absolute atomic E-state index is 0.0105. The molecule has 1 aliphatic rings. The highest BCUT2D eigenvalue weighted by atomic mass is 35.5. The summed E-state index contributed by atoms with van der Waals surface area (Å²) in [6.07, 6.45) is 0.689. The second-order valence-corrected chi connectivity index (χ2v) is 36.4. The van der Waals surface area contributed by atoms with Crippen LogP contribution in [0.4, 0.5) is 63.6 Å². The fourth-order valence-electron chi connectivity index (χ4n) is 9.63. The van der Waals surface area contributed by atoms with Crippen molar-refractivity contribution in [2.75, 3.05) is 69.9 Å². The van der Waals surface area contributed by atoms with Crippen LogP contribution >= 0.6 is 44.8 Å². The molecule has 2 aromatic heterocycles. The molecule has 0 radical (unpaired) electrons. The minimum Gasteiger partial charge on any atom is -0.505 e. The van der Waals surface area contributed by atoms with Crippen LogP contribution in [-0.2, 0) is 78.9 Å². The number of anilines is 7. The van der Waals surface area contributed by atoms with Gasteiger partial charge in [0.2, 0.25) is 34.4 Å². The zero-order valence-electron chi connectivity index (χ0n) is 53.2. The maximum Gasteiger partial charge on any atom is 0.397 e. The van der Waals surface area contributed by atoms with Crippen molar-refractivity contribution in [1.29, 1.82) is 0 Å². The van der Waals surface area contributed by atoms with Gasteiger partial charge in [-0.05, 0) is 155 Å². The fourth-order valence-corrected chi connectivity index (χ4v) is 18.1. The van der Waals surface area contributed by atoms with Gasteiger partial charge in [0.1, 0.15) is 27.8 Å². The number of benzene rings is 7. The Labute approximate surface area is 621 Å². The van der Waals surface area contributed by atoms with Crippen LogP contribution < -0.4 is 26.0 Å². The van der Waals surface area contributed by atoms with E-state index in [0.29, 0.717) is 11.5 Å². The zero-order valence-corrected chi connectivity index (χ0v) is 62.1. The van der Waals surface area contributed by atoms with E-state index < -0.39 is 135 Å². The van der Waals surface area contributed by atoms with E-state index >= 15 is 0 Å². The monoisotopic (exact) mass is 1670 g/mol. The number of sulfone groups is 3. The zero-order chi connectivity index (χ0) is 76.6. The Kier molecular flexibility index (Phi) is 24.8. The van der Waals surface area contributed by atoms with Crippen molar-refractivity contribution in [3.8, 4) is 17.2 Å². The third kappa shape index (κ3) is 21.7. The predicted octanol–water partition coefficient (Wildman–Crippen LogP) is 10.4. The molecule has 0 saturated heterocycles. The van der Waals surface area contributed by atoms with Gasteiger partial charge in [-0.15, -0.1) is 10.2 Å². The first-order valence-electron chi connectivity index (χ1n) is 29.6. The van der Waals surface area contributed by atoms with Crippen molar-refractivity contribution < 1.29 is 100 Å². The van der Waals surface area contributed by atoms with Crippen LogP contribution in [0.25, 0.3) is 16.8 Å². The van der Waals surface area contributed by atoms with Crippen LogP contribution in [0.3, 0.4) is 0 Å². The molecule has 9 aromatic rings. The molecule has 106 heavy (non-hydrogen) atoms. The van der Waals surface area contributed by atoms with Gasteiger partial charge in [-0.3, -0.25) is 18.2 Å². The Bertz CT molecular complexity index is 5790. The molecular formula is C58H52Cl2N14O23S9. The van der Waals surface area contributed by atoms with E-state index in [-0.39, 0.29) is 123 Å². The number of ether oxygens (including phenoxy) is 1. The summed E-state index contributed by atoms with van der Waals surface area (Å²) in [5, 5.41) is 50.5. The second kappa shape index (κ2) is 33.0. The minimum atomic E-state index is -5.03. The van der Waals surface area contributed by atoms with Crippen LogP contribution in [0.1, 0.15) is 23.6 Å². The van der Waals surface area contributed by atoms with Crippen LogP contribution in [0.15, 0.2) is 178 Å². The van der Waals surface area contributed by atoms with Crippen molar-refractivity contribution in [3.05, 3.63) is 160 Å². The molecule has 37 nitrogen and oxygen atoms in total. The van der Waals surface area contributed by atoms with Crippen LogP contribution in [-0.4, -0.2) is 166 Å². The number of halogens is 2. The Morgan fingerprint density at radius 3 is 1.53 bits per heavy atom. The molecule has 0 spiro atoms. The second-order valence-electron chi connectivity index (χ2n) is 21.6. The SMILES string of the molecule is O=S(=O)(O)OCCS(=O)(=O)c1ccc(Nc2nc(Cl)nc(Nc3cccc4cc(S(=O)(=O)O)c(N=Nc5ccc(OCCSSCCS(=O)(=O)c6ccc(N=Nc7ccc8c(c7O)C(Nc7nc(Cl)nc(Nc9ccc(S(=O)(=O)CCOS(=O)(=O)O)cc9)n7)CC(S(=O)(=O)O)=C8)cc6)cc5)c(O)c34)n2)cc1. The fraction of sp³-hybridized carbons (Fsp3) is 0.172. The summed E-state index contributed by atoms with van der Waals surface area (Å²) in [5.41, 5.74) is 0.418. The number of hydrogen-bond donors (Lipinski definition) is 10. The van der Waals surface area contributed by atoms with Gasteiger partial charge in [0.25, 0.3) is 20.2 Å². The van der Waals surface area contributed by atoms with Gasteiger partial charge >= 0.3 is 20.8 Å². The number of phenols is 2. The quantitative estimate of drug-likeness (QED) is 0.00790. The highest BCUT2D eigenvalue weighted by Gasteiger charge is 2.32. The molecule has 10 rings (SSSR count). The number of nitrogens with one attached hydrogen (secondary N) is 4. The summed E-state index contributed by atoms with van der Waals surface area (Å²) in [6, 6.07) is 28.6. The number of hydrogen-bond acceptors (Lipinski definition) is 35. The number of phenolic OH excluding ortho intramolecular Hbond substituents is 2. The lowest BCUT2D eigenvalue weighted by Gasteiger charge is -2.27. The maximum atomic E-state index is 13.3. The number of rotatable bonds is 33. The third-order valence-electron chi connectivity index (χ3n) is 14.4. The average molecular weight is 1670 g/mol. The van der Waals surface area contributed by atoms with E-state index in [1.807, 2.05) is 0 Å². The lowest BCUT2D eigenvalue weighted by Crippen LogP contribution is -2.21. The standard InChI is InChI=1S/C58H52Cl2N14O23S9/c59-53-65-55(61-35-7-15-40(16-8-35)100(77,78)27-23-96-105(89,90)91)69-57(67-53)63-44-3-1-2-33-31-47(104(86,87)88)50(52(76)48(33)44)74-72-37-5-13-39(14-6-37)95-22-25-98-99-26-29-102(81,82)42-19-11-38(12-20-42)71-73-45-21-4-34-30-43(103(83,84)85)32-46(49(34)51(45)75)64-58-68-54(60)66-56(70-58)62-36-9-17-41(18-10-36)101(79,80)28-24-97-106(92,93)94/h1-21,30-31,46,75-76H,22-29,32H2,(H,83,84,85)(H,86,87,88)(H,89,90,91)(H,92,93,94)(H2,61,63,65,67,69)(H2,62,64,66,68,70). The van der Waals surface area contributed by atoms with Gasteiger partial charge in [0.15, 0.2) is 35.3 Å². The van der Waals surface area contributed by atoms with E-state index in [0.717, 1.165) is 12.1 Å². The van der Waals surface area contributed by atoms with E-state index in [4.69, 9.17) is 37.0 Å². The smallest absolute Gasteiger partial charge is 0.397 e. The summed E-state index contributed by atoms with van der Waals surface area (Å²) < 4.78 is 223. The van der Waals surface area contributed by atoms with Crippen LogP contribution in [0.5, 0.6) is 17.2 Å². The lowest BCUT2D eigenvalue weighted by atomic mass is 9.91. The molecule has 0 amide bonds. The summed E-state index contributed by atoms with van der Waals surface area (Å²) in [7, 11) is -28.8. The Morgan fingerprint density at radius 1 is 0.500 bits per heavy atom. The summed E-state index contributed by atoms with van der Waals surface area (Å²) in [6.45, 7) is -1.48. The first-order chi connectivity index (χ1) is 49.8. The van der Waals surface area contributed by atoms with Crippen molar-refractivity contribution in [2.45, 2.75) is 32.0 Å². The van der Waals surface area contributed by atoms with Gasteiger partial charge in [0, 0.05) is 40.3 Å². The van der Waals surface area contributed by atoms with E-state index in [9.17, 15) is 78.2 Å². The average Bonchev–Trinajstić information content (AvgIpc) is 0.766. The Hall–Kier alpha value is -8.95. The topological polar surface area (TPSA) is 563 Å². The molecule has 560 valence electrons. The van der Waals surface area contributed by atoms with Gasteiger partial charge < -0.3 is 36.2 Å².